The number of rotatable bonds is 6. The molecule has 2 heterocycles. The quantitative estimate of drug-likeness (QED) is 0.326. The van der Waals surface area contributed by atoms with Crippen molar-refractivity contribution < 1.29 is 9.53 Å². The van der Waals surface area contributed by atoms with Gasteiger partial charge in [-0.2, -0.15) is 0 Å². The molecule has 1 saturated heterocycles. The number of carbonyl (C=O) groups is 1. The molecular formula is C15H25IN6O2. The summed E-state index contributed by atoms with van der Waals surface area (Å²) in [5, 5.41) is 8.95. The van der Waals surface area contributed by atoms with Crippen molar-refractivity contribution >= 4 is 41.5 Å². The largest absolute Gasteiger partial charge is 0.379 e. The molecule has 0 saturated carbocycles. The standard InChI is InChI=1S/C15H24N6O2.HI/c1-16-15(18-5-6-21-7-9-23-10-8-21)19-12-14(22)20-13-3-2-4-17-11-13;/h2-4,11H,5-10,12H2,1H3,(H,20,22)(H2,16,18,19);1H. The second-order valence-electron chi connectivity index (χ2n) is 5.10. The lowest BCUT2D eigenvalue weighted by atomic mass is 10.4. The summed E-state index contributed by atoms with van der Waals surface area (Å²) >= 11 is 0. The Bertz CT molecular complexity index is 508. The number of carbonyl (C=O) groups excluding carboxylic acids is 1. The Morgan fingerprint density at radius 1 is 1.38 bits per heavy atom. The number of hydrogen-bond donors (Lipinski definition) is 3. The fourth-order valence-corrected chi connectivity index (χ4v) is 2.18. The minimum atomic E-state index is -0.144. The second-order valence-corrected chi connectivity index (χ2v) is 5.10. The van der Waals surface area contributed by atoms with Crippen LogP contribution in [0.3, 0.4) is 0 Å². The first-order valence-corrected chi connectivity index (χ1v) is 7.72. The van der Waals surface area contributed by atoms with E-state index < -0.39 is 0 Å². The predicted octanol–water partition coefficient (Wildman–Crippen LogP) is 0.135. The molecule has 2 rings (SSSR count). The van der Waals surface area contributed by atoms with Crippen LogP contribution in [-0.4, -0.2) is 74.7 Å². The number of morpholine rings is 1. The summed E-state index contributed by atoms with van der Waals surface area (Å²) < 4.78 is 5.32. The molecule has 0 aliphatic carbocycles. The van der Waals surface area contributed by atoms with E-state index in [2.05, 4.69) is 30.8 Å². The molecule has 8 nitrogen and oxygen atoms in total. The van der Waals surface area contributed by atoms with E-state index in [-0.39, 0.29) is 36.4 Å². The number of ether oxygens (including phenoxy) is 1. The third kappa shape index (κ3) is 7.88. The molecule has 1 aromatic heterocycles. The number of hydrogen-bond acceptors (Lipinski definition) is 5. The Labute approximate surface area is 159 Å². The Kier molecular flexibility index (Phi) is 10.3. The van der Waals surface area contributed by atoms with Gasteiger partial charge in [0.2, 0.25) is 5.91 Å². The van der Waals surface area contributed by atoms with Crippen LogP contribution in [0.5, 0.6) is 0 Å². The van der Waals surface area contributed by atoms with Gasteiger partial charge in [-0.05, 0) is 12.1 Å². The number of aliphatic imine (C=N–C) groups is 1. The first-order chi connectivity index (χ1) is 11.3. The van der Waals surface area contributed by atoms with Crippen molar-refractivity contribution in [1.29, 1.82) is 0 Å². The SMILES string of the molecule is CN=C(NCCN1CCOCC1)NCC(=O)Nc1cccnc1.I. The van der Waals surface area contributed by atoms with E-state index in [0.717, 1.165) is 39.4 Å². The van der Waals surface area contributed by atoms with Crippen LogP contribution in [0.2, 0.25) is 0 Å². The van der Waals surface area contributed by atoms with E-state index in [1.807, 2.05) is 0 Å². The van der Waals surface area contributed by atoms with Crippen LogP contribution in [0.15, 0.2) is 29.5 Å². The summed E-state index contributed by atoms with van der Waals surface area (Å²) in [6, 6.07) is 3.56. The number of nitrogens with zero attached hydrogens (tertiary/aromatic N) is 3. The van der Waals surface area contributed by atoms with Crippen molar-refractivity contribution in [2.45, 2.75) is 0 Å². The Morgan fingerprint density at radius 3 is 2.83 bits per heavy atom. The summed E-state index contributed by atoms with van der Waals surface area (Å²) in [7, 11) is 1.68. The first-order valence-electron chi connectivity index (χ1n) is 7.72. The number of nitrogens with one attached hydrogen (secondary N) is 3. The van der Waals surface area contributed by atoms with Crippen LogP contribution in [0, 0.1) is 0 Å². The van der Waals surface area contributed by atoms with E-state index in [0.29, 0.717) is 11.6 Å². The van der Waals surface area contributed by atoms with Gasteiger partial charge >= 0.3 is 0 Å². The van der Waals surface area contributed by atoms with Crippen molar-refractivity contribution in [2.24, 2.45) is 4.99 Å². The maximum Gasteiger partial charge on any atom is 0.243 e. The van der Waals surface area contributed by atoms with E-state index in [1.54, 1.807) is 31.6 Å². The molecular weight excluding hydrogens is 423 g/mol. The molecule has 9 heteroatoms. The topological polar surface area (TPSA) is 90.9 Å². The molecule has 0 unspecified atom stereocenters. The Hall–Kier alpha value is -1.46. The highest BCUT2D eigenvalue weighted by Crippen LogP contribution is 2.01. The van der Waals surface area contributed by atoms with Crippen molar-refractivity contribution in [3.8, 4) is 0 Å². The second kappa shape index (κ2) is 12.0. The van der Waals surface area contributed by atoms with E-state index in [9.17, 15) is 4.79 Å². The fourth-order valence-electron chi connectivity index (χ4n) is 2.18. The predicted molar refractivity (Wildman–Crippen MR) is 105 cm³/mol. The Morgan fingerprint density at radius 2 is 2.17 bits per heavy atom. The number of anilines is 1. The third-order valence-corrected chi connectivity index (χ3v) is 3.41. The highest BCUT2D eigenvalue weighted by atomic mass is 127. The zero-order valence-corrected chi connectivity index (χ0v) is 16.2. The molecule has 0 bridgehead atoms. The van der Waals surface area contributed by atoms with Crippen molar-refractivity contribution in [2.75, 3.05) is 58.3 Å². The van der Waals surface area contributed by atoms with Crippen molar-refractivity contribution in [3.05, 3.63) is 24.5 Å². The summed E-state index contributed by atoms with van der Waals surface area (Å²) in [5.41, 5.74) is 0.676. The van der Waals surface area contributed by atoms with Gasteiger partial charge in [0.05, 0.1) is 31.6 Å². The van der Waals surface area contributed by atoms with E-state index in [1.165, 1.54) is 0 Å². The van der Waals surface area contributed by atoms with Gasteiger partial charge in [-0.1, -0.05) is 0 Å². The minimum Gasteiger partial charge on any atom is -0.379 e. The van der Waals surface area contributed by atoms with E-state index >= 15 is 0 Å². The number of halogens is 1. The molecule has 1 aliphatic rings. The van der Waals surface area contributed by atoms with Crippen molar-refractivity contribution in [3.63, 3.8) is 0 Å². The van der Waals surface area contributed by atoms with Gasteiger partial charge < -0.3 is 20.7 Å². The molecule has 3 N–H and O–H groups in total. The molecule has 1 fully saturated rings. The molecule has 0 aromatic carbocycles. The maximum absolute atomic E-state index is 11.8. The zero-order chi connectivity index (χ0) is 16.3. The van der Waals surface area contributed by atoms with Crippen LogP contribution < -0.4 is 16.0 Å². The third-order valence-electron chi connectivity index (χ3n) is 3.41. The minimum absolute atomic E-state index is 0. The fraction of sp³-hybridized carbons (Fsp3) is 0.533. The molecule has 1 amide bonds. The van der Waals surface area contributed by atoms with Crippen LogP contribution in [-0.2, 0) is 9.53 Å². The number of pyridine rings is 1. The number of amides is 1. The normalized spacial score (nSPS) is 15.3. The van der Waals surface area contributed by atoms with Gasteiger partial charge in [0.25, 0.3) is 0 Å². The molecule has 0 atom stereocenters. The van der Waals surface area contributed by atoms with Gasteiger partial charge in [-0.15, -0.1) is 24.0 Å². The molecule has 134 valence electrons. The van der Waals surface area contributed by atoms with Crippen LogP contribution in [0.4, 0.5) is 5.69 Å². The smallest absolute Gasteiger partial charge is 0.243 e. The number of guanidine groups is 1. The molecule has 24 heavy (non-hydrogen) atoms. The summed E-state index contributed by atoms with van der Waals surface area (Å²) in [6.45, 7) is 5.34. The number of aromatic nitrogens is 1. The highest BCUT2D eigenvalue weighted by Gasteiger charge is 2.10. The Balaban J connectivity index is 0.00000288. The monoisotopic (exact) mass is 448 g/mol. The summed E-state index contributed by atoms with van der Waals surface area (Å²) in [4.78, 5) is 22.2. The van der Waals surface area contributed by atoms with Gasteiger partial charge in [-0.3, -0.25) is 19.7 Å². The lowest BCUT2D eigenvalue weighted by Crippen LogP contribution is -2.45. The summed E-state index contributed by atoms with van der Waals surface area (Å²) in [5.74, 6) is 0.466. The average molecular weight is 448 g/mol. The van der Waals surface area contributed by atoms with E-state index in [4.69, 9.17) is 4.74 Å². The molecule has 0 spiro atoms. The van der Waals surface area contributed by atoms with Gasteiger partial charge in [0.15, 0.2) is 5.96 Å². The molecule has 1 aromatic rings. The average Bonchev–Trinajstić information content (AvgIpc) is 2.59. The van der Waals surface area contributed by atoms with Crippen LogP contribution >= 0.6 is 24.0 Å². The summed E-state index contributed by atoms with van der Waals surface area (Å²) in [6.07, 6.45) is 3.27. The molecule has 1 aliphatic heterocycles. The van der Waals surface area contributed by atoms with Gasteiger partial charge in [0, 0.05) is 39.4 Å². The zero-order valence-electron chi connectivity index (χ0n) is 13.8. The van der Waals surface area contributed by atoms with Crippen molar-refractivity contribution in [1.82, 2.24) is 20.5 Å². The van der Waals surface area contributed by atoms with Crippen LogP contribution in [0.1, 0.15) is 0 Å². The lowest BCUT2D eigenvalue weighted by molar-refractivity contribution is -0.115. The maximum atomic E-state index is 11.8. The van der Waals surface area contributed by atoms with Gasteiger partial charge in [0.1, 0.15) is 0 Å². The highest BCUT2D eigenvalue weighted by molar-refractivity contribution is 14.0. The lowest BCUT2D eigenvalue weighted by Gasteiger charge is -2.26. The van der Waals surface area contributed by atoms with Gasteiger partial charge in [-0.25, -0.2) is 0 Å². The molecule has 0 radical (unpaired) electrons. The first kappa shape index (κ1) is 20.6. The van der Waals surface area contributed by atoms with Crippen LogP contribution in [0.25, 0.3) is 0 Å².